The molecule has 0 spiro atoms. The van der Waals surface area contributed by atoms with Crippen molar-refractivity contribution in [3.05, 3.63) is 39.6 Å². The Kier molecular flexibility index (Phi) is 3.69. The minimum absolute atomic E-state index is 0.00280. The molecule has 0 unspecified atom stereocenters. The zero-order chi connectivity index (χ0) is 17.8. The molecular weight excluding hydrogens is 379 g/mol. The lowest BCUT2D eigenvalue weighted by Gasteiger charge is -2.10. The van der Waals surface area contributed by atoms with Gasteiger partial charge >= 0.3 is 6.18 Å². The number of hydrogen-bond donors (Lipinski definition) is 1. The Hall–Kier alpha value is -2.20. The van der Waals surface area contributed by atoms with Gasteiger partial charge in [-0.3, -0.25) is 4.79 Å². The first-order valence-electron chi connectivity index (χ1n) is 7.23. The van der Waals surface area contributed by atoms with Gasteiger partial charge in [0.1, 0.15) is 0 Å². The van der Waals surface area contributed by atoms with Crippen LogP contribution in [0.4, 0.5) is 18.9 Å². The first-order valence-corrected chi connectivity index (χ1v) is 8.42. The molecule has 1 aliphatic rings. The summed E-state index contributed by atoms with van der Waals surface area (Å²) in [5.74, 6) is 0.340. The predicted molar refractivity (Wildman–Crippen MR) is 85.0 cm³/mol. The topological polar surface area (TPSA) is 72.2 Å². The number of amides is 1. The summed E-state index contributed by atoms with van der Waals surface area (Å²) in [6.45, 7) is 0. The Morgan fingerprint density at radius 2 is 2.08 bits per heavy atom. The standard InChI is InChI=1S/C14H9ClF3N5OS/c15-8-4-3-7(14(16,17)18)5-9(8)19-11(24)12-22-23-10(6-1-2-6)20-21-13(23)25-12/h3-6H,1-2H2,(H,19,24). The summed E-state index contributed by atoms with van der Waals surface area (Å²) < 4.78 is 39.9. The van der Waals surface area contributed by atoms with E-state index in [9.17, 15) is 18.0 Å². The molecule has 2 heterocycles. The molecule has 0 atom stereocenters. The van der Waals surface area contributed by atoms with E-state index in [1.807, 2.05) is 0 Å². The number of halogens is 4. The molecule has 1 fully saturated rings. The highest BCUT2D eigenvalue weighted by Crippen LogP contribution is 2.39. The van der Waals surface area contributed by atoms with Crippen molar-refractivity contribution in [3.8, 4) is 0 Å². The Morgan fingerprint density at radius 3 is 2.76 bits per heavy atom. The summed E-state index contributed by atoms with van der Waals surface area (Å²) in [5, 5.41) is 14.6. The second-order valence-electron chi connectivity index (χ2n) is 5.58. The monoisotopic (exact) mass is 387 g/mol. The number of rotatable bonds is 3. The van der Waals surface area contributed by atoms with Crippen molar-refractivity contribution in [1.29, 1.82) is 0 Å². The minimum atomic E-state index is -4.53. The fourth-order valence-electron chi connectivity index (χ4n) is 2.29. The zero-order valence-corrected chi connectivity index (χ0v) is 13.9. The summed E-state index contributed by atoms with van der Waals surface area (Å²) in [4.78, 5) is 12.8. The molecule has 11 heteroatoms. The van der Waals surface area contributed by atoms with Crippen LogP contribution in [-0.4, -0.2) is 25.7 Å². The molecule has 1 aromatic carbocycles. The fourth-order valence-corrected chi connectivity index (χ4v) is 3.20. The molecule has 0 bridgehead atoms. The van der Waals surface area contributed by atoms with E-state index in [0.717, 1.165) is 42.4 Å². The number of fused-ring (bicyclic) bond motifs is 1. The molecule has 1 amide bonds. The number of nitrogens with zero attached hydrogens (tertiary/aromatic N) is 4. The summed E-state index contributed by atoms with van der Waals surface area (Å²) in [6.07, 6.45) is -2.53. The summed E-state index contributed by atoms with van der Waals surface area (Å²) in [6, 6.07) is 2.73. The molecule has 0 radical (unpaired) electrons. The van der Waals surface area contributed by atoms with E-state index in [1.165, 1.54) is 4.52 Å². The number of nitrogens with one attached hydrogen (secondary N) is 1. The van der Waals surface area contributed by atoms with Crippen LogP contribution in [0.3, 0.4) is 0 Å². The highest BCUT2D eigenvalue weighted by Gasteiger charge is 2.32. The smallest absolute Gasteiger partial charge is 0.318 e. The maximum absolute atomic E-state index is 12.8. The van der Waals surface area contributed by atoms with Crippen LogP contribution in [-0.2, 0) is 6.18 Å². The second kappa shape index (κ2) is 5.67. The molecule has 1 N–H and O–H groups in total. The van der Waals surface area contributed by atoms with Crippen molar-refractivity contribution >= 4 is 39.5 Å². The Bertz CT molecular complexity index is 979. The van der Waals surface area contributed by atoms with Gasteiger partial charge in [-0.25, -0.2) is 0 Å². The molecule has 1 saturated carbocycles. The van der Waals surface area contributed by atoms with Crippen LogP contribution in [0.2, 0.25) is 5.02 Å². The predicted octanol–water partition coefficient (Wildman–Crippen LogP) is 3.99. The molecule has 0 saturated heterocycles. The lowest BCUT2D eigenvalue weighted by molar-refractivity contribution is -0.137. The molecule has 2 aromatic heterocycles. The van der Waals surface area contributed by atoms with Gasteiger partial charge in [0.05, 0.1) is 16.3 Å². The third-order valence-corrected chi connectivity index (χ3v) is 4.92. The summed E-state index contributed by atoms with van der Waals surface area (Å²) >= 11 is 6.89. The minimum Gasteiger partial charge on any atom is -0.318 e. The third-order valence-electron chi connectivity index (χ3n) is 3.69. The van der Waals surface area contributed by atoms with E-state index < -0.39 is 17.6 Å². The van der Waals surface area contributed by atoms with Gasteiger partial charge in [0.25, 0.3) is 5.91 Å². The van der Waals surface area contributed by atoms with E-state index in [4.69, 9.17) is 11.6 Å². The number of benzene rings is 1. The number of aromatic nitrogens is 4. The number of carbonyl (C=O) groups is 1. The largest absolute Gasteiger partial charge is 0.416 e. The Morgan fingerprint density at radius 1 is 1.32 bits per heavy atom. The average Bonchev–Trinajstić information content (AvgIpc) is 3.16. The van der Waals surface area contributed by atoms with Gasteiger partial charge in [0, 0.05) is 5.92 Å². The first kappa shape index (κ1) is 16.3. The van der Waals surface area contributed by atoms with Crippen molar-refractivity contribution in [2.45, 2.75) is 24.9 Å². The Labute approximate surface area is 147 Å². The van der Waals surface area contributed by atoms with Crippen LogP contribution in [0.5, 0.6) is 0 Å². The average molecular weight is 388 g/mol. The van der Waals surface area contributed by atoms with Gasteiger partial charge in [0.15, 0.2) is 5.82 Å². The molecule has 3 aromatic rings. The van der Waals surface area contributed by atoms with Gasteiger partial charge in [0.2, 0.25) is 9.97 Å². The van der Waals surface area contributed by atoms with E-state index in [2.05, 4.69) is 20.6 Å². The maximum atomic E-state index is 12.8. The van der Waals surface area contributed by atoms with Crippen molar-refractivity contribution in [3.63, 3.8) is 0 Å². The quantitative estimate of drug-likeness (QED) is 0.737. The highest BCUT2D eigenvalue weighted by molar-refractivity contribution is 7.18. The summed E-state index contributed by atoms with van der Waals surface area (Å²) in [5.41, 5.74) is -1.03. The van der Waals surface area contributed by atoms with Crippen LogP contribution in [0, 0.1) is 0 Å². The second-order valence-corrected chi connectivity index (χ2v) is 6.94. The van der Waals surface area contributed by atoms with Crippen LogP contribution < -0.4 is 5.32 Å². The van der Waals surface area contributed by atoms with Crippen molar-refractivity contribution in [1.82, 2.24) is 19.8 Å². The SMILES string of the molecule is O=C(Nc1cc(C(F)(F)F)ccc1Cl)c1nn2c(C3CC3)nnc2s1. The fraction of sp³-hybridized carbons (Fsp3) is 0.286. The normalized spacial score (nSPS) is 14.9. The zero-order valence-electron chi connectivity index (χ0n) is 12.3. The van der Waals surface area contributed by atoms with Crippen LogP contribution >= 0.6 is 22.9 Å². The van der Waals surface area contributed by atoms with E-state index in [1.54, 1.807) is 0 Å². The van der Waals surface area contributed by atoms with Crippen molar-refractivity contribution in [2.24, 2.45) is 0 Å². The molecule has 130 valence electrons. The highest BCUT2D eigenvalue weighted by atomic mass is 35.5. The van der Waals surface area contributed by atoms with Crippen molar-refractivity contribution < 1.29 is 18.0 Å². The van der Waals surface area contributed by atoms with Crippen molar-refractivity contribution in [2.75, 3.05) is 5.32 Å². The number of carbonyl (C=O) groups excluding carboxylic acids is 1. The lowest BCUT2D eigenvalue weighted by Crippen LogP contribution is -2.14. The van der Waals surface area contributed by atoms with Gasteiger partial charge in [-0.1, -0.05) is 22.9 Å². The molecule has 1 aliphatic carbocycles. The first-order chi connectivity index (χ1) is 11.8. The van der Waals surface area contributed by atoms with Crippen LogP contribution in [0.15, 0.2) is 18.2 Å². The molecule has 25 heavy (non-hydrogen) atoms. The van der Waals surface area contributed by atoms with Gasteiger partial charge in [-0.2, -0.15) is 17.7 Å². The third kappa shape index (κ3) is 3.07. The number of alkyl halides is 3. The number of anilines is 1. The Balaban J connectivity index is 1.62. The van der Waals surface area contributed by atoms with Gasteiger partial charge in [-0.15, -0.1) is 15.3 Å². The maximum Gasteiger partial charge on any atom is 0.416 e. The molecule has 6 nitrogen and oxygen atoms in total. The van der Waals surface area contributed by atoms with E-state index >= 15 is 0 Å². The van der Waals surface area contributed by atoms with E-state index in [-0.39, 0.29) is 15.7 Å². The molecule has 4 rings (SSSR count). The molecular formula is C14H9ClF3N5OS. The lowest BCUT2D eigenvalue weighted by atomic mass is 10.2. The molecule has 0 aliphatic heterocycles. The summed E-state index contributed by atoms with van der Waals surface area (Å²) in [7, 11) is 0. The van der Waals surface area contributed by atoms with Gasteiger partial charge < -0.3 is 5.32 Å². The van der Waals surface area contributed by atoms with Crippen LogP contribution in [0.25, 0.3) is 4.96 Å². The number of hydrogen-bond acceptors (Lipinski definition) is 5. The van der Waals surface area contributed by atoms with Gasteiger partial charge in [-0.05, 0) is 31.0 Å². The van der Waals surface area contributed by atoms with Crippen LogP contribution in [0.1, 0.15) is 39.9 Å². The van der Waals surface area contributed by atoms with E-state index in [0.29, 0.717) is 16.7 Å².